The SMILES string of the molecule is CC(C)CC(O)CNC(=O)c1oc2ccccc2c1COC(C)C. The van der Waals surface area contributed by atoms with Crippen molar-refractivity contribution in [2.45, 2.75) is 52.9 Å². The van der Waals surface area contributed by atoms with E-state index in [4.69, 9.17) is 9.15 Å². The third-order valence-electron chi connectivity index (χ3n) is 3.71. The largest absolute Gasteiger partial charge is 0.451 e. The van der Waals surface area contributed by atoms with Gasteiger partial charge in [-0.1, -0.05) is 32.0 Å². The van der Waals surface area contributed by atoms with Crippen LogP contribution < -0.4 is 5.32 Å². The number of amides is 1. The van der Waals surface area contributed by atoms with Gasteiger partial charge in [0.05, 0.1) is 18.8 Å². The summed E-state index contributed by atoms with van der Waals surface area (Å²) in [6.45, 7) is 8.48. The first kappa shape index (κ1) is 18.5. The first-order valence-electron chi connectivity index (χ1n) is 8.46. The first-order chi connectivity index (χ1) is 11.4. The van der Waals surface area contributed by atoms with Gasteiger partial charge in [-0.2, -0.15) is 0 Å². The van der Waals surface area contributed by atoms with E-state index in [1.165, 1.54) is 0 Å². The number of ether oxygens (including phenoxy) is 1. The molecule has 24 heavy (non-hydrogen) atoms. The zero-order valence-corrected chi connectivity index (χ0v) is 14.8. The van der Waals surface area contributed by atoms with Crippen LogP contribution in [-0.4, -0.2) is 29.8 Å². The highest BCUT2D eigenvalue weighted by molar-refractivity contribution is 5.99. The van der Waals surface area contributed by atoms with Crippen LogP contribution in [-0.2, 0) is 11.3 Å². The lowest BCUT2D eigenvalue weighted by Crippen LogP contribution is -2.33. The number of aliphatic hydroxyl groups excluding tert-OH is 1. The molecule has 5 heteroatoms. The summed E-state index contributed by atoms with van der Waals surface area (Å²) in [5.41, 5.74) is 1.41. The predicted octanol–water partition coefficient (Wildman–Crippen LogP) is 3.49. The van der Waals surface area contributed by atoms with Gasteiger partial charge >= 0.3 is 0 Å². The van der Waals surface area contributed by atoms with Gasteiger partial charge in [-0.25, -0.2) is 0 Å². The Morgan fingerprint density at radius 3 is 2.62 bits per heavy atom. The number of nitrogens with one attached hydrogen (secondary N) is 1. The van der Waals surface area contributed by atoms with Crippen molar-refractivity contribution in [1.29, 1.82) is 0 Å². The van der Waals surface area contributed by atoms with Crippen LogP contribution in [0.3, 0.4) is 0 Å². The number of aliphatic hydroxyl groups is 1. The Morgan fingerprint density at radius 1 is 1.25 bits per heavy atom. The molecule has 1 amide bonds. The van der Waals surface area contributed by atoms with Crippen molar-refractivity contribution in [3.05, 3.63) is 35.6 Å². The van der Waals surface area contributed by atoms with Crippen LogP contribution in [0.5, 0.6) is 0 Å². The summed E-state index contributed by atoms with van der Waals surface area (Å²) in [5, 5.41) is 13.6. The fourth-order valence-corrected chi connectivity index (χ4v) is 2.59. The molecule has 0 spiro atoms. The van der Waals surface area contributed by atoms with Gasteiger partial charge in [-0.3, -0.25) is 4.79 Å². The molecule has 0 aliphatic heterocycles. The van der Waals surface area contributed by atoms with Crippen LogP contribution in [0.1, 0.15) is 50.2 Å². The van der Waals surface area contributed by atoms with Crippen molar-refractivity contribution in [3.63, 3.8) is 0 Å². The third-order valence-corrected chi connectivity index (χ3v) is 3.71. The Morgan fingerprint density at radius 2 is 1.96 bits per heavy atom. The lowest BCUT2D eigenvalue weighted by atomic mass is 10.1. The van der Waals surface area contributed by atoms with Gasteiger partial charge in [0.15, 0.2) is 5.76 Å². The summed E-state index contributed by atoms with van der Waals surface area (Å²) in [5.74, 6) is 0.308. The van der Waals surface area contributed by atoms with Crippen LogP contribution in [0.4, 0.5) is 0 Å². The number of furan rings is 1. The number of fused-ring (bicyclic) bond motifs is 1. The molecule has 5 nitrogen and oxygen atoms in total. The van der Waals surface area contributed by atoms with Gasteiger partial charge < -0.3 is 19.6 Å². The third kappa shape index (κ3) is 4.82. The van der Waals surface area contributed by atoms with Crippen molar-refractivity contribution < 1.29 is 19.1 Å². The number of para-hydroxylation sites is 1. The number of hydrogen-bond donors (Lipinski definition) is 2. The van der Waals surface area contributed by atoms with Crippen LogP contribution in [0.15, 0.2) is 28.7 Å². The van der Waals surface area contributed by atoms with Crippen molar-refractivity contribution in [2.24, 2.45) is 5.92 Å². The number of rotatable bonds is 8. The highest BCUT2D eigenvalue weighted by Gasteiger charge is 2.21. The standard InChI is InChI=1S/C19H27NO4/c1-12(2)9-14(21)10-20-19(22)18-16(11-23-13(3)4)15-7-5-6-8-17(15)24-18/h5-8,12-14,21H,9-11H2,1-4H3,(H,20,22). The minimum absolute atomic E-state index is 0.0578. The van der Waals surface area contributed by atoms with Gasteiger partial charge in [0.25, 0.3) is 5.91 Å². The van der Waals surface area contributed by atoms with Crippen molar-refractivity contribution in [2.75, 3.05) is 6.54 Å². The summed E-state index contributed by atoms with van der Waals surface area (Å²) >= 11 is 0. The monoisotopic (exact) mass is 333 g/mol. The average Bonchev–Trinajstić information content (AvgIpc) is 2.88. The number of carbonyl (C=O) groups is 1. The Kier molecular flexibility index (Phi) is 6.40. The summed E-state index contributed by atoms with van der Waals surface area (Å²) in [6.07, 6.45) is 0.139. The molecule has 0 radical (unpaired) electrons. The van der Waals surface area contributed by atoms with E-state index in [1.54, 1.807) is 0 Å². The zero-order valence-electron chi connectivity index (χ0n) is 14.8. The van der Waals surface area contributed by atoms with E-state index in [-0.39, 0.29) is 24.3 Å². The molecule has 0 saturated heterocycles. The normalized spacial score (nSPS) is 13.0. The number of hydrogen-bond acceptors (Lipinski definition) is 4. The Balaban J connectivity index is 2.17. The van der Waals surface area contributed by atoms with Crippen LogP contribution in [0.25, 0.3) is 11.0 Å². The molecule has 0 bridgehead atoms. The van der Waals surface area contributed by atoms with E-state index in [0.717, 1.165) is 10.9 Å². The lowest BCUT2D eigenvalue weighted by molar-refractivity contribution is 0.0641. The van der Waals surface area contributed by atoms with E-state index in [1.807, 2.05) is 52.0 Å². The second-order valence-corrected chi connectivity index (χ2v) is 6.76. The molecule has 0 fully saturated rings. The molecule has 1 heterocycles. The number of benzene rings is 1. The van der Waals surface area contributed by atoms with E-state index in [0.29, 0.717) is 24.5 Å². The minimum Gasteiger partial charge on any atom is -0.451 e. The van der Waals surface area contributed by atoms with Crippen LogP contribution >= 0.6 is 0 Å². The zero-order chi connectivity index (χ0) is 17.7. The molecule has 132 valence electrons. The van der Waals surface area contributed by atoms with Gasteiger partial charge in [0.2, 0.25) is 0 Å². The summed E-state index contributed by atoms with van der Waals surface area (Å²) < 4.78 is 11.4. The van der Waals surface area contributed by atoms with Crippen molar-refractivity contribution >= 4 is 16.9 Å². The van der Waals surface area contributed by atoms with Crippen LogP contribution in [0.2, 0.25) is 0 Å². The topological polar surface area (TPSA) is 71.7 Å². The quantitative estimate of drug-likeness (QED) is 0.775. The molecule has 0 aliphatic rings. The summed E-state index contributed by atoms with van der Waals surface area (Å²) in [6, 6.07) is 7.53. The first-order valence-corrected chi connectivity index (χ1v) is 8.46. The molecule has 0 saturated carbocycles. The van der Waals surface area contributed by atoms with E-state index in [9.17, 15) is 9.90 Å². The maximum atomic E-state index is 12.5. The van der Waals surface area contributed by atoms with Crippen molar-refractivity contribution in [3.8, 4) is 0 Å². The maximum absolute atomic E-state index is 12.5. The lowest BCUT2D eigenvalue weighted by Gasteiger charge is -2.13. The Bertz CT molecular complexity index is 675. The Hall–Kier alpha value is -1.85. The molecular weight excluding hydrogens is 306 g/mol. The second-order valence-electron chi connectivity index (χ2n) is 6.76. The average molecular weight is 333 g/mol. The van der Waals surface area contributed by atoms with E-state index in [2.05, 4.69) is 5.32 Å². The fourth-order valence-electron chi connectivity index (χ4n) is 2.59. The molecule has 2 rings (SSSR count). The molecular formula is C19H27NO4. The van der Waals surface area contributed by atoms with Crippen molar-refractivity contribution in [1.82, 2.24) is 5.32 Å². The van der Waals surface area contributed by atoms with E-state index >= 15 is 0 Å². The summed E-state index contributed by atoms with van der Waals surface area (Å²) in [7, 11) is 0. The van der Waals surface area contributed by atoms with Gasteiger partial charge in [0.1, 0.15) is 5.58 Å². The number of carbonyl (C=O) groups excluding carboxylic acids is 1. The molecule has 1 atom stereocenters. The molecule has 2 N–H and O–H groups in total. The minimum atomic E-state index is -0.561. The molecule has 1 unspecified atom stereocenters. The fraction of sp³-hybridized carbons (Fsp3) is 0.526. The smallest absolute Gasteiger partial charge is 0.287 e. The van der Waals surface area contributed by atoms with Gasteiger partial charge in [-0.05, 0) is 32.3 Å². The van der Waals surface area contributed by atoms with Crippen LogP contribution in [0, 0.1) is 5.92 Å². The molecule has 1 aromatic carbocycles. The highest BCUT2D eigenvalue weighted by Crippen LogP contribution is 2.27. The molecule has 2 aromatic rings. The Labute approximate surface area is 143 Å². The second kappa shape index (κ2) is 8.31. The summed E-state index contributed by atoms with van der Waals surface area (Å²) in [4.78, 5) is 12.5. The van der Waals surface area contributed by atoms with Gasteiger partial charge in [-0.15, -0.1) is 0 Å². The molecule has 0 aliphatic carbocycles. The molecule has 1 aromatic heterocycles. The van der Waals surface area contributed by atoms with E-state index < -0.39 is 6.10 Å². The predicted molar refractivity (Wildman–Crippen MR) is 93.9 cm³/mol. The highest BCUT2D eigenvalue weighted by atomic mass is 16.5. The maximum Gasteiger partial charge on any atom is 0.287 e. The van der Waals surface area contributed by atoms with Gasteiger partial charge in [0, 0.05) is 17.5 Å².